The lowest BCUT2D eigenvalue weighted by molar-refractivity contribution is -0.354. The van der Waals surface area contributed by atoms with E-state index in [1.807, 2.05) is 20.8 Å². The quantitative estimate of drug-likeness (QED) is 0.0895. The van der Waals surface area contributed by atoms with E-state index in [1.165, 1.54) is 6.92 Å². The van der Waals surface area contributed by atoms with E-state index in [0.29, 0.717) is 23.1 Å². The topological polar surface area (TPSA) is 198 Å². The molecule has 2 aromatic rings. The SMILES string of the molecule is CCCCCC(=O)N[C@@H](c1ccccc1)[C@@H](O)C(=O)O[C@H]1CC2[C@@H](OC(=O)c3ccccc3)[C@@H]3[C@]4(OC(C)=O)CO[C@@H]4C[C@H](O)[C@@]3(C)[C@@H](O)[C@H](O)C(=C1C)C2(C)C. The van der Waals surface area contributed by atoms with Crippen molar-refractivity contribution in [2.24, 2.45) is 22.7 Å². The third-order valence-electron chi connectivity index (χ3n) is 13.2. The molecule has 5 N–H and O–H groups in total. The molecular formula is C44H57NO12. The van der Waals surface area contributed by atoms with Crippen LogP contribution in [-0.2, 0) is 33.3 Å². The van der Waals surface area contributed by atoms with E-state index in [4.69, 9.17) is 18.9 Å². The summed E-state index contributed by atoms with van der Waals surface area (Å²) in [5.41, 5.74) is -2.66. The Kier molecular flexibility index (Phi) is 12.4. The van der Waals surface area contributed by atoms with Crippen molar-refractivity contribution in [3.63, 3.8) is 0 Å². The molecule has 4 aliphatic rings. The molecular weight excluding hydrogens is 734 g/mol. The summed E-state index contributed by atoms with van der Waals surface area (Å²) >= 11 is 0. The average Bonchev–Trinajstić information content (AvgIpc) is 3.17. The molecule has 57 heavy (non-hydrogen) atoms. The minimum absolute atomic E-state index is 0.0140. The fourth-order valence-electron chi connectivity index (χ4n) is 10.2. The smallest absolute Gasteiger partial charge is 0.338 e. The van der Waals surface area contributed by atoms with Gasteiger partial charge in [0.1, 0.15) is 24.4 Å². The second-order valence-corrected chi connectivity index (χ2v) is 17.0. The van der Waals surface area contributed by atoms with Gasteiger partial charge in [-0.3, -0.25) is 9.59 Å². The van der Waals surface area contributed by atoms with Crippen LogP contribution in [-0.4, -0.2) is 99.2 Å². The second-order valence-electron chi connectivity index (χ2n) is 17.0. The van der Waals surface area contributed by atoms with Crippen molar-refractivity contribution in [1.29, 1.82) is 0 Å². The highest BCUT2D eigenvalue weighted by atomic mass is 16.6. The lowest BCUT2D eigenvalue weighted by Crippen LogP contribution is -2.80. The number of hydrogen-bond acceptors (Lipinski definition) is 12. The zero-order valence-corrected chi connectivity index (χ0v) is 33.6. The molecule has 0 aromatic heterocycles. The molecule has 1 unspecified atom stereocenters. The number of amides is 1. The summed E-state index contributed by atoms with van der Waals surface area (Å²) in [4.78, 5) is 54.1. The molecule has 1 saturated heterocycles. The van der Waals surface area contributed by atoms with Crippen LogP contribution in [0, 0.1) is 22.7 Å². The van der Waals surface area contributed by atoms with E-state index in [0.717, 1.165) is 12.8 Å². The van der Waals surface area contributed by atoms with Gasteiger partial charge in [-0.25, -0.2) is 9.59 Å². The fourth-order valence-corrected chi connectivity index (χ4v) is 10.2. The molecule has 0 spiro atoms. The predicted octanol–water partition coefficient (Wildman–Crippen LogP) is 4.11. The molecule has 310 valence electrons. The standard InChI is InChI=1S/C44H57NO12/c1-7-8-11-20-32(48)45-34(26-16-12-9-13-17-26)36(50)41(53)55-29-21-28-37(56-40(52)27-18-14-10-15-19-27)38-43(6,39(51)35(49)33(24(29)2)42(28,4)5)30(47)22-31-44(38,23-54-31)57-25(3)46/h9-10,12-19,28-31,34-39,47,49-51H,7-8,11,20-23H2,1-6H3,(H,45,48)/t28?,29-,30-,31+,34-,35+,36+,37+,38-,39-,43+,44-/m0/s1. The van der Waals surface area contributed by atoms with Crippen molar-refractivity contribution in [3.05, 3.63) is 82.9 Å². The Bertz CT molecular complexity index is 1830. The van der Waals surface area contributed by atoms with Crippen LogP contribution in [0.3, 0.4) is 0 Å². The zero-order valence-electron chi connectivity index (χ0n) is 33.6. The van der Waals surface area contributed by atoms with Gasteiger partial charge >= 0.3 is 17.9 Å². The minimum atomic E-state index is -1.83. The number of benzene rings is 2. The Morgan fingerprint density at radius 2 is 1.58 bits per heavy atom. The number of rotatable bonds is 12. The van der Waals surface area contributed by atoms with Crippen LogP contribution in [0.5, 0.6) is 0 Å². The minimum Gasteiger partial charge on any atom is -0.458 e. The van der Waals surface area contributed by atoms with Crippen molar-refractivity contribution in [2.75, 3.05) is 6.61 Å². The van der Waals surface area contributed by atoms with Crippen molar-refractivity contribution >= 4 is 23.8 Å². The molecule has 3 fully saturated rings. The van der Waals surface area contributed by atoms with Gasteiger partial charge in [0.05, 0.1) is 36.3 Å². The number of fused-ring (bicyclic) bond motifs is 5. The maximum absolute atomic E-state index is 14.1. The first-order valence-electron chi connectivity index (χ1n) is 20.0. The summed E-state index contributed by atoms with van der Waals surface area (Å²) in [6, 6.07) is 15.8. The third kappa shape index (κ3) is 7.65. The van der Waals surface area contributed by atoms with Crippen LogP contribution >= 0.6 is 0 Å². The molecule has 0 radical (unpaired) electrons. The van der Waals surface area contributed by atoms with Gasteiger partial charge < -0.3 is 44.7 Å². The number of esters is 3. The fraction of sp³-hybridized carbons (Fsp3) is 0.591. The van der Waals surface area contributed by atoms with E-state index in [-0.39, 0.29) is 37.3 Å². The van der Waals surface area contributed by atoms with E-state index >= 15 is 0 Å². The van der Waals surface area contributed by atoms with Gasteiger partial charge in [0.25, 0.3) is 0 Å². The van der Waals surface area contributed by atoms with E-state index < -0.39 is 94.9 Å². The third-order valence-corrected chi connectivity index (χ3v) is 13.2. The number of nitrogens with one attached hydrogen (secondary N) is 1. The van der Waals surface area contributed by atoms with Crippen molar-refractivity contribution in [3.8, 4) is 0 Å². The van der Waals surface area contributed by atoms with Gasteiger partial charge in [0, 0.05) is 31.1 Å². The van der Waals surface area contributed by atoms with Crippen molar-refractivity contribution in [1.82, 2.24) is 5.32 Å². The number of aliphatic hydroxyl groups is 4. The van der Waals surface area contributed by atoms with E-state index in [9.17, 15) is 39.6 Å². The van der Waals surface area contributed by atoms with Crippen molar-refractivity contribution in [2.45, 2.75) is 134 Å². The molecule has 2 aromatic carbocycles. The number of unbranched alkanes of at least 4 members (excludes halogenated alkanes) is 2. The highest BCUT2D eigenvalue weighted by Crippen LogP contribution is 2.64. The van der Waals surface area contributed by atoms with Gasteiger partial charge in [0.15, 0.2) is 11.7 Å². The molecule has 2 saturated carbocycles. The molecule has 1 heterocycles. The van der Waals surface area contributed by atoms with Crippen LogP contribution in [0.1, 0.15) is 102 Å². The highest BCUT2D eigenvalue weighted by molar-refractivity contribution is 5.89. The maximum Gasteiger partial charge on any atom is 0.338 e. The Labute approximate surface area is 333 Å². The molecule has 2 bridgehead atoms. The number of hydrogen-bond donors (Lipinski definition) is 5. The van der Waals surface area contributed by atoms with Crippen molar-refractivity contribution < 1.29 is 58.6 Å². The highest BCUT2D eigenvalue weighted by Gasteiger charge is 2.75. The van der Waals surface area contributed by atoms with Gasteiger partial charge in [-0.15, -0.1) is 0 Å². The molecule has 3 aliphatic carbocycles. The first kappa shape index (κ1) is 42.5. The Morgan fingerprint density at radius 3 is 2.18 bits per heavy atom. The summed E-state index contributed by atoms with van der Waals surface area (Å²) in [7, 11) is 0. The predicted molar refractivity (Wildman–Crippen MR) is 206 cm³/mol. The number of carbonyl (C=O) groups excluding carboxylic acids is 4. The summed E-state index contributed by atoms with van der Waals surface area (Å²) in [5.74, 6) is -4.62. The Balaban J connectivity index is 1.43. The largest absolute Gasteiger partial charge is 0.458 e. The average molecular weight is 792 g/mol. The van der Waals surface area contributed by atoms with Crippen LogP contribution in [0.15, 0.2) is 71.8 Å². The van der Waals surface area contributed by atoms with Gasteiger partial charge in [-0.2, -0.15) is 0 Å². The van der Waals surface area contributed by atoms with Crippen LogP contribution in [0.25, 0.3) is 0 Å². The van der Waals surface area contributed by atoms with Gasteiger partial charge in [0.2, 0.25) is 5.91 Å². The summed E-state index contributed by atoms with van der Waals surface area (Å²) in [6.07, 6.45) is -6.96. The van der Waals surface area contributed by atoms with E-state index in [1.54, 1.807) is 74.5 Å². The molecule has 13 nitrogen and oxygen atoms in total. The van der Waals surface area contributed by atoms with Crippen LogP contribution in [0.4, 0.5) is 0 Å². The molecule has 6 rings (SSSR count). The Morgan fingerprint density at radius 1 is 0.930 bits per heavy atom. The lowest BCUT2D eigenvalue weighted by Gasteiger charge is -2.67. The summed E-state index contributed by atoms with van der Waals surface area (Å²) in [5, 5.41) is 51.0. The zero-order chi connectivity index (χ0) is 41.4. The molecule has 1 aliphatic heterocycles. The summed E-state index contributed by atoms with van der Waals surface area (Å²) < 4.78 is 24.7. The number of aliphatic hydroxyl groups excluding tert-OH is 4. The maximum atomic E-state index is 14.1. The Hall–Kier alpha value is -4.14. The van der Waals surface area contributed by atoms with Gasteiger partial charge in [-0.05, 0) is 54.0 Å². The lowest BCUT2D eigenvalue weighted by atomic mass is 9.45. The normalized spacial score (nSPS) is 33.8. The first-order chi connectivity index (χ1) is 27.0. The van der Waals surface area contributed by atoms with E-state index in [2.05, 4.69) is 5.32 Å². The number of carbonyl (C=O) groups is 4. The van der Waals surface area contributed by atoms with Crippen LogP contribution < -0.4 is 5.32 Å². The number of ether oxygens (including phenoxy) is 4. The first-order valence-corrected chi connectivity index (χ1v) is 20.0. The molecule has 12 atom stereocenters. The molecule has 1 amide bonds. The summed E-state index contributed by atoms with van der Waals surface area (Å²) in [6.45, 7) is 10.1. The van der Waals surface area contributed by atoms with Crippen LogP contribution in [0.2, 0.25) is 0 Å². The van der Waals surface area contributed by atoms with Gasteiger partial charge in [-0.1, -0.05) is 89.1 Å². The second kappa shape index (κ2) is 16.6. The monoisotopic (exact) mass is 791 g/mol. The molecule has 13 heteroatoms.